The molecule has 3 nitrogen and oxygen atoms in total. The third kappa shape index (κ3) is 2.65. The zero-order chi connectivity index (χ0) is 20.1. The quantitative estimate of drug-likeness (QED) is 0.330. The molecule has 0 atom stereocenters. The van der Waals surface area contributed by atoms with Gasteiger partial charge in [0.2, 0.25) is 0 Å². The van der Waals surface area contributed by atoms with E-state index in [1.807, 2.05) is 25.1 Å². The first-order valence-electron chi connectivity index (χ1n) is 9.99. The molecule has 29 heavy (non-hydrogen) atoms. The highest BCUT2D eigenvalue weighted by Crippen LogP contribution is 2.42. The number of aromatic amines is 2. The van der Waals surface area contributed by atoms with E-state index < -0.39 is 0 Å². The van der Waals surface area contributed by atoms with Crippen molar-refractivity contribution in [3.05, 3.63) is 100 Å². The summed E-state index contributed by atoms with van der Waals surface area (Å²) in [6, 6.07) is 22.8. The number of aromatic nitrogens is 2. The molecule has 3 aromatic carbocycles. The van der Waals surface area contributed by atoms with Gasteiger partial charge in [-0.25, -0.2) is 0 Å². The lowest BCUT2D eigenvalue weighted by Crippen LogP contribution is -2.08. The second kappa shape index (κ2) is 6.56. The Bertz CT molecular complexity index is 1280. The summed E-state index contributed by atoms with van der Waals surface area (Å²) < 4.78 is 0. The number of hydrogen-bond acceptors (Lipinski definition) is 1. The number of phenols is 1. The van der Waals surface area contributed by atoms with Gasteiger partial charge in [-0.1, -0.05) is 54.6 Å². The Hall–Kier alpha value is -3.46. The minimum absolute atomic E-state index is 0.116. The molecule has 5 rings (SSSR count). The first-order chi connectivity index (χ1) is 14.1. The van der Waals surface area contributed by atoms with Crippen LogP contribution in [-0.4, -0.2) is 15.1 Å². The van der Waals surface area contributed by atoms with E-state index in [4.69, 9.17) is 0 Å². The molecule has 3 N–H and O–H groups in total. The van der Waals surface area contributed by atoms with Gasteiger partial charge in [0.05, 0.1) is 5.92 Å². The molecular weight excluding hydrogens is 356 g/mol. The van der Waals surface area contributed by atoms with Crippen molar-refractivity contribution in [3.63, 3.8) is 0 Å². The van der Waals surface area contributed by atoms with Gasteiger partial charge in [0.1, 0.15) is 5.75 Å². The van der Waals surface area contributed by atoms with Crippen LogP contribution < -0.4 is 0 Å². The maximum atomic E-state index is 11.0. The van der Waals surface area contributed by atoms with Gasteiger partial charge in [0.25, 0.3) is 0 Å². The summed E-state index contributed by atoms with van der Waals surface area (Å²) in [6.07, 6.45) is 0. The SMILES string of the molecule is Cc1cccc(C(c2[nH]c3ccccc3c2C)c2[nH]c3ccccc3c2C)c1O. The topological polar surface area (TPSA) is 51.8 Å². The molecule has 0 spiro atoms. The molecule has 2 aromatic heterocycles. The summed E-state index contributed by atoms with van der Waals surface area (Å²) in [6.45, 7) is 6.27. The minimum atomic E-state index is -0.116. The standard InChI is InChI=1S/C26H24N2O/c1-15-9-8-12-20(26(15)29)23(24-16(2)18-10-4-6-13-21(18)27-24)25-17(3)19-11-5-7-14-22(19)28-25/h4-14,23,27-29H,1-3H3. The maximum Gasteiger partial charge on any atom is 0.122 e. The molecular formula is C26H24N2O. The van der Waals surface area contributed by atoms with Gasteiger partial charge < -0.3 is 15.1 Å². The molecule has 0 bridgehead atoms. The Morgan fingerprint density at radius 3 is 1.69 bits per heavy atom. The number of benzene rings is 3. The number of rotatable bonds is 3. The van der Waals surface area contributed by atoms with Gasteiger partial charge in [-0.3, -0.25) is 0 Å². The average molecular weight is 380 g/mol. The van der Waals surface area contributed by atoms with Gasteiger partial charge >= 0.3 is 0 Å². The van der Waals surface area contributed by atoms with E-state index in [-0.39, 0.29) is 5.92 Å². The first-order valence-corrected chi connectivity index (χ1v) is 9.99. The summed E-state index contributed by atoms with van der Waals surface area (Å²) in [5.74, 6) is 0.239. The summed E-state index contributed by atoms with van der Waals surface area (Å²) in [5, 5.41) is 13.4. The second-order valence-electron chi connectivity index (χ2n) is 7.86. The van der Waals surface area contributed by atoms with Crippen LogP contribution in [0.4, 0.5) is 0 Å². The lowest BCUT2D eigenvalue weighted by molar-refractivity contribution is 0.462. The highest BCUT2D eigenvalue weighted by Gasteiger charge is 2.28. The zero-order valence-electron chi connectivity index (χ0n) is 16.9. The monoisotopic (exact) mass is 380 g/mol. The van der Waals surface area contributed by atoms with Crippen molar-refractivity contribution in [1.82, 2.24) is 9.97 Å². The van der Waals surface area contributed by atoms with Gasteiger partial charge in [-0.05, 0) is 49.6 Å². The summed E-state index contributed by atoms with van der Waals surface area (Å²) in [7, 11) is 0. The third-order valence-corrected chi connectivity index (χ3v) is 6.17. The fourth-order valence-corrected chi connectivity index (χ4v) is 4.55. The maximum absolute atomic E-state index is 11.0. The van der Waals surface area contributed by atoms with Crippen LogP contribution in [0, 0.1) is 20.8 Å². The molecule has 0 amide bonds. The molecule has 0 aliphatic rings. The lowest BCUT2D eigenvalue weighted by Gasteiger charge is -2.20. The van der Waals surface area contributed by atoms with E-state index >= 15 is 0 Å². The van der Waals surface area contributed by atoms with Crippen molar-refractivity contribution >= 4 is 21.8 Å². The average Bonchev–Trinajstić information content (AvgIpc) is 3.24. The van der Waals surface area contributed by atoms with Crippen LogP contribution in [0.15, 0.2) is 66.7 Å². The number of fused-ring (bicyclic) bond motifs is 2. The third-order valence-electron chi connectivity index (χ3n) is 6.17. The number of para-hydroxylation sites is 3. The van der Waals surface area contributed by atoms with E-state index in [2.05, 4.69) is 72.3 Å². The molecule has 0 saturated carbocycles. The van der Waals surface area contributed by atoms with Crippen LogP contribution in [0.25, 0.3) is 21.8 Å². The first kappa shape index (κ1) is 17.6. The van der Waals surface area contributed by atoms with Gasteiger partial charge in [0.15, 0.2) is 0 Å². The van der Waals surface area contributed by atoms with E-state index in [1.54, 1.807) is 0 Å². The van der Waals surface area contributed by atoms with Crippen LogP contribution in [0.3, 0.4) is 0 Å². The van der Waals surface area contributed by atoms with Crippen LogP contribution in [0.1, 0.15) is 39.6 Å². The van der Waals surface area contributed by atoms with Gasteiger partial charge in [-0.15, -0.1) is 0 Å². The van der Waals surface area contributed by atoms with E-state index in [0.29, 0.717) is 5.75 Å². The highest BCUT2D eigenvalue weighted by atomic mass is 16.3. The van der Waals surface area contributed by atoms with E-state index in [9.17, 15) is 5.11 Å². The zero-order valence-corrected chi connectivity index (χ0v) is 16.9. The highest BCUT2D eigenvalue weighted by molar-refractivity contribution is 5.87. The van der Waals surface area contributed by atoms with Crippen molar-refractivity contribution in [3.8, 4) is 5.75 Å². The Morgan fingerprint density at radius 1 is 0.655 bits per heavy atom. The van der Waals surface area contributed by atoms with E-state index in [0.717, 1.165) is 33.5 Å². The van der Waals surface area contributed by atoms with Crippen molar-refractivity contribution < 1.29 is 5.11 Å². The fraction of sp³-hybridized carbons (Fsp3) is 0.154. The molecule has 144 valence electrons. The van der Waals surface area contributed by atoms with Crippen molar-refractivity contribution in [1.29, 1.82) is 0 Å². The van der Waals surface area contributed by atoms with Crippen LogP contribution in [-0.2, 0) is 0 Å². The Kier molecular flexibility index (Phi) is 3.99. The smallest absolute Gasteiger partial charge is 0.122 e. The predicted octanol–water partition coefficient (Wildman–Crippen LogP) is 6.46. The molecule has 0 saturated heterocycles. The minimum Gasteiger partial charge on any atom is -0.507 e. The van der Waals surface area contributed by atoms with E-state index in [1.165, 1.54) is 21.9 Å². The number of H-pyrrole nitrogens is 2. The van der Waals surface area contributed by atoms with Crippen molar-refractivity contribution in [2.75, 3.05) is 0 Å². The number of aromatic hydroxyl groups is 1. The van der Waals surface area contributed by atoms with Gasteiger partial charge in [0, 0.05) is 38.8 Å². The molecule has 0 fully saturated rings. The van der Waals surface area contributed by atoms with Crippen molar-refractivity contribution in [2.24, 2.45) is 0 Å². The van der Waals surface area contributed by atoms with Crippen LogP contribution >= 0.6 is 0 Å². The fourth-order valence-electron chi connectivity index (χ4n) is 4.55. The Morgan fingerprint density at radius 2 is 1.17 bits per heavy atom. The van der Waals surface area contributed by atoms with Crippen molar-refractivity contribution in [2.45, 2.75) is 26.7 Å². The Balaban J connectivity index is 1.85. The number of phenolic OH excluding ortho intramolecular Hbond substituents is 1. The molecule has 5 aromatic rings. The predicted molar refractivity (Wildman–Crippen MR) is 120 cm³/mol. The largest absolute Gasteiger partial charge is 0.507 e. The van der Waals surface area contributed by atoms with Crippen LogP contribution in [0.2, 0.25) is 0 Å². The lowest BCUT2D eigenvalue weighted by atomic mass is 9.87. The molecule has 2 heterocycles. The number of nitrogens with one attached hydrogen (secondary N) is 2. The Labute approximate surface area is 170 Å². The van der Waals surface area contributed by atoms with Gasteiger partial charge in [-0.2, -0.15) is 0 Å². The summed E-state index contributed by atoms with van der Waals surface area (Å²) >= 11 is 0. The summed E-state index contributed by atoms with van der Waals surface area (Å²) in [4.78, 5) is 7.30. The number of hydrogen-bond donors (Lipinski definition) is 3. The normalized spacial score (nSPS) is 11.7. The molecule has 3 heteroatoms. The molecule has 0 aliphatic heterocycles. The number of aryl methyl sites for hydroxylation is 3. The molecule has 0 aliphatic carbocycles. The molecule has 0 radical (unpaired) electrons. The van der Waals surface area contributed by atoms with Crippen LogP contribution in [0.5, 0.6) is 5.75 Å². The molecule has 0 unspecified atom stereocenters. The summed E-state index contributed by atoms with van der Waals surface area (Å²) in [5.41, 5.74) is 8.68. The second-order valence-corrected chi connectivity index (χ2v) is 7.86.